The van der Waals surface area contributed by atoms with Crippen molar-refractivity contribution in [3.63, 3.8) is 0 Å². The minimum absolute atomic E-state index is 0.0442. The van der Waals surface area contributed by atoms with Crippen molar-refractivity contribution < 1.29 is 9.59 Å². The Kier molecular flexibility index (Phi) is 8.89. The van der Waals surface area contributed by atoms with E-state index in [9.17, 15) is 9.59 Å². The van der Waals surface area contributed by atoms with Crippen molar-refractivity contribution in [1.82, 2.24) is 9.80 Å². The summed E-state index contributed by atoms with van der Waals surface area (Å²) in [6, 6.07) is 21.0. The molecule has 4 nitrogen and oxygen atoms in total. The fraction of sp³-hybridized carbons (Fsp3) is 0.308. The van der Waals surface area contributed by atoms with Gasteiger partial charge in [0.1, 0.15) is 6.54 Å². The highest BCUT2D eigenvalue weighted by molar-refractivity contribution is 7.11. The van der Waals surface area contributed by atoms with Crippen molar-refractivity contribution in [2.75, 3.05) is 13.1 Å². The zero-order valence-electron chi connectivity index (χ0n) is 18.6. The summed E-state index contributed by atoms with van der Waals surface area (Å²) in [5.74, 6) is -0.229. The Hall–Kier alpha value is -2.63. The Labute approximate surface area is 199 Å². The second-order valence-electron chi connectivity index (χ2n) is 7.84. The Morgan fingerprint density at radius 1 is 0.938 bits per heavy atom. The van der Waals surface area contributed by atoms with E-state index in [1.54, 1.807) is 40.5 Å². The molecule has 0 saturated heterocycles. The largest absolute Gasteiger partial charge is 0.332 e. The summed E-state index contributed by atoms with van der Waals surface area (Å²) in [6.07, 6.45) is 1.78. The third-order valence-electron chi connectivity index (χ3n) is 5.18. The van der Waals surface area contributed by atoms with E-state index < -0.39 is 0 Å². The van der Waals surface area contributed by atoms with Gasteiger partial charge < -0.3 is 9.80 Å². The summed E-state index contributed by atoms with van der Waals surface area (Å²) < 4.78 is 0. The lowest BCUT2D eigenvalue weighted by atomic mass is 10.1. The summed E-state index contributed by atoms with van der Waals surface area (Å²) in [4.78, 5) is 32.5. The quantitative estimate of drug-likeness (QED) is 0.356. The first-order chi connectivity index (χ1) is 15.5. The predicted octanol–water partition coefficient (Wildman–Crippen LogP) is 6.18. The van der Waals surface area contributed by atoms with Crippen LogP contribution in [0.2, 0.25) is 5.02 Å². The number of hydrogen-bond acceptors (Lipinski definition) is 3. The van der Waals surface area contributed by atoms with E-state index in [1.165, 1.54) is 4.88 Å². The maximum atomic E-state index is 13.4. The minimum atomic E-state index is -0.166. The van der Waals surface area contributed by atoms with Crippen LogP contribution in [0, 0.1) is 6.92 Å². The van der Waals surface area contributed by atoms with Gasteiger partial charge in [0.15, 0.2) is 0 Å². The van der Waals surface area contributed by atoms with Gasteiger partial charge in [0.05, 0.1) is 6.54 Å². The summed E-state index contributed by atoms with van der Waals surface area (Å²) in [7, 11) is 0. The molecule has 0 fully saturated rings. The van der Waals surface area contributed by atoms with Crippen molar-refractivity contribution in [2.24, 2.45) is 0 Å². The number of rotatable bonds is 10. The standard InChI is InChI=1S/C26H29ClN2O2S/c1-3-4-15-28(26(31)22-11-8-12-23(27)16-22)19-25(30)29(17-21-9-6-5-7-10-21)18-24-14-13-20(2)32-24/h5-14,16H,3-4,15,17-19H2,1-2H3. The summed E-state index contributed by atoms with van der Waals surface area (Å²) in [6.45, 7) is 5.74. The van der Waals surface area contributed by atoms with Crippen molar-refractivity contribution in [2.45, 2.75) is 39.8 Å². The second kappa shape index (κ2) is 11.8. The Morgan fingerprint density at radius 3 is 2.38 bits per heavy atom. The van der Waals surface area contributed by atoms with Crippen LogP contribution in [0.4, 0.5) is 0 Å². The predicted molar refractivity (Wildman–Crippen MR) is 132 cm³/mol. The van der Waals surface area contributed by atoms with Gasteiger partial charge >= 0.3 is 0 Å². The van der Waals surface area contributed by atoms with Gasteiger partial charge in [-0.25, -0.2) is 0 Å². The number of thiophene rings is 1. The fourth-order valence-electron chi connectivity index (χ4n) is 3.46. The number of benzene rings is 2. The molecule has 0 bridgehead atoms. The van der Waals surface area contributed by atoms with E-state index in [4.69, 9.17) is 11.6 Å². The zero-order chi connectivity index (χ0) is 22.9. The summed E-state index contributed by atoms with van der Waals surface area (Å²) in [5, 5.41) is 0.511. The van der Waals surface area contributed by atoms with Crippen molar-refractivity contribution >= 4 is 34.8 Å². The molecule has 1 heterocycles. The highest BCUT2D eigenvalue weighted by Crippen LogP contribution is 2.20. The lowest BCUT2D eigenvalue weighted by Crippen LogP contribution is -2.42. The molecule has 0 aliphatic rings. The van der Waals surface area contributed by atoms with E-state index in [2.05, 4.69) is 26.0 Å². The molecule has 0 radical (unpaired) electrons. The highest BCUT2D eigenvalue weighted by Gasteiger charge is 2.23. The molecule has 0 atom stereocenters. The number of carbonyl (C=O) groups is 2. The van der Waals surface area contributed by atoms with E-state index in [0.717, 1.165) is 23.3 Å². The van der Waals surface area contributed by atoms with E-state index in [1.807, 2.05) is 35.2 Å². The third-order valence-corrected chi connectivity index (χ3v) is 6.40. The van der Waals surface area contributed by atoms with Crippen LogP contribution in [0.15, 0.2) is 66.7 Å². The average Bonchev–Trinajstić information content (AvgIpc) is 3.20. The Bertz CT molecular complexity index is 1040. The van der Waals surface area contributed by atoms with E-state index >= 15 is 0 Å². The number of unbranched alkanes of at least 4 members (excludes halogenated alkanes) is 1. The van der Waals surface area contributed by atoms with Gasteiger partial charge in [0.2, 0.25) is 5.91 Å². The minimum Gasteiger partial charge on any atom is -0.332 e. The van der Waals surface area contributed by atoms with Gasteiger partial charge in [-0.1, -0.05) is 61.3 Å². The van der Waals surface area contributed by atoms with Gasteiger partial charge in [-0.05, 0) is 49.2 Å². The van der Waals surface area contributed by atoms with Gasteiger partial charge in [-0.15, -0.1) is 11.3 Å². The zero-order valence-corrected chi connectivity index (χ0v) is 20.2. The molecule has 32 heavy (non-hydrogen) atoms. The molecule has 0 aliphatic heterocycles. The van der Waals surface area contributed by atoms with E-state index in [0.29, 0.717) is 30.2 Å². The lowest BCUT2D eigenvalue weighted by Gasteiger charge is -2.28. The normalized spacial score (nSPS) is 10.7. The monoisotopic (exact) mass is 468 g/mol. The molecule has 1 aromatic heterocycles. The average molecular weight is 469 g/mol. The van der Waals surface area contributed by atoms with Crippen molar-refractivity contribution in [1.29, 1.82) is 0 Å². The first-order valence-corrected chi connectivity index (χ1v) is 12.1. The number of amides is 2. The molecule has 2 amide bonds. The first-order valence-electron chi connectivity index (χ1n) is 10.9. The molecule has 168 valence electrons. The van der Waals surface area contributed by atoms with Crippen molar-refractivity contribution in [3.05, 3.63) is 92.6 Å². The van der Waals surface area contributed by atoms with Crippen LogP contribution in [0.1, 0.15) is 45.4 Å². The van der Waals surface area contributed by atoms with Crippen LogP contribution < -0.4 is 0 Å². The van der Waals surface area contributed by atoms with Crippen LogP contribution in [-0.4, -0.2) is 34.7 Å². The summed E-state index contributed by atoms with van der Waals surface area (Å²) >= 11 is 7.78. The number of halogens is 1. The smallest absolute Gasteiger partial charge is 0.254 e. The first kappa shape index (κ1) is 24.0. The lowest BCUT2D eigenvalue weighted by molar-refractivity contribution is -0.133. The van der Waals surface area contributed by atoms with E-state index in [-0.39, 0.29) is 18.4 Å². The van der Waals surface area contributed by atoms with Crippen LogP contribution >= 0.6 is 22.9 Å². The second-order valence-corrected chi connectivity index (χ2v) is 9.65. The molecule has 6 heteroatoms. The van der Waals surface area contributed by atoms with Crippen LogP contribution in [0.5, 0.6) is 0 Å². The third kappa shape index (κ3) is 6.94. The Morgan fingerprint density at radius 2 is 1.72 bits per heavy atom. The van der Waals surface area contributed by atoms with Gasteiger partial charge in [0, 0.05) is 33.4 Å². The van der Waals surface area contributed by atoms with Gasteiger partial charge in [0.25, 0.3) is 5.91 Å². The van der Waals surface area contributed by atoms with Crippen LogP contribution in [0.25, 0.3) is 0 Å². The van der Waals surface area contributed by atoms with Gasteiger partial charge in [-0.2, -0.15) is 0 Å². The SMILES string of the molecule is CCCCN(CC(=O)N(Cc1ccccc1)Cc1ccc(C)s1)C(=O)c1cccc(Cl)c1. The van der Waals surface area contributed by atoms with Crippen LogP contribution in [-0.2, 0) is 17.9 Å². The molecular formula is C26H29ClN2O2S. The number of nitrogens with zero attached hydrogens (tertiary/aromatic N) is 2. The molecule has 0 aliphatic carbocycles. The van der Waals surface area contributed by atoms with Crippen LogP contribution in [0.3, 0.4) is 0 Å². The molecule has 0 N–H and O–H groups in total. The fourth-order valence-corrected chi connectivity index (χ4v) is 4.56. The topological polar surface area (TPSA) is 40.6 Å². The molecule has 0 saturated carbocycles. The maximum absolute atomic E-state index is 13.4. The number of carbonyl (C=O) groups excluding carboxylic acids is 2. The Balaban J connectivity index is 1.80. The molecule has 2 aromatic carbocycles. The summed E-state index contributed by atoms with van der Waals surface area (Å²) in [5.41, 5.74) is 1.57. The highest BCUT2D eigenvalue weighted by atomic mass is 35.5. The van der Waals surface area contributed by atoms with Gasteiger partial charge in [-0.3, -0.25) is 9.59 Å². The number of hydrogen-bond donors (Lipinski definition) is 0. The maximum Gasteiger partial charge on any atom is 0.254 e. The van der Waals surface area contributed by atoms with Crippen molar-refractivity contribution in [3.8, 4) is 0 Å². The number of aryl methyl sites for hydroxylation is 1. The molecule has 3 rings (SSSR count). The molecule has 0 unspecified atom stereocenters. The molecular weight excluding hydrogens is 440 g/mol. The molecule has 3 aromatic rings. The molecule has 0 spiro atoms.